The highest BCUT2D eigenvalue weighted by Gasteiger charge is 2.29. The van der Waals surface area contributed by atoms with Gasteiger partial charge in [0.15, 0.2) is 5.78 Å². The van der Waals surface area contributed by atoms with Gasteiger partial charge in [0.1, 0.15) is 0 Å². The van der Waals surface area contributed by atoms with Gasteiger partial charge in [0.25, 0.3) is 0 Å². The fraction of sp³-hybridized carbons (Fsp3) is 0.200. The van der Waals surface area contributed by atoms with E-state index in [4.69, 9.17) is 0 Å². The molecule has 24 heavy (non-hydrogen) atoms. The van der Waals surface area contributed by atoms with Crippen molar-refractivity contribution in [2.45, 2.75) is 19.3 Å². The van der Waals surface area contributed by atoms with Gasteiger partial charge < -0.3 is 9.67 Å². The number of carbonyl (C=O) groups excluding carboxylic acids is 1. The fourth-order valence-corrected chi connectivity index (χ4v) is 3.23. The van der Waals surface area contributed by atoms with Crippen LogP contribution in [0.2, 0.25) is 0 Å². The SMILES string of the molecule is Cc1c([C@@H](CC(=O)c2ccccc2)C(=O)O)c2ccccc2n1C. The molecule has 0 bridgehead atoms. The van der Waals surface area contributed by atoms with Crippen molar-refractivity contribution < 1.29 is 14.7 Å². The van der Waals surface area contributed by atoms with Crippen LogP contribution in [-0.2, 0) is 11.8 Å². The van der Waals surface area contributed by atoms with Crippen LogP contribution in [0.25, 0.3) is 10.9 Å². The van der Waals surface area contributed by atoms with E-state index in [-0.39, 0.29) is 12.2 Å². The zero-order valence-corrected chi connectivity index (χ0v) is 13.7. The number of hydrogen-bond donors (Lipinski definition) is 1. The van der Waals surface area contributed by atoms with Crippen LogP contribution in [0.5, 0.6) is 0 Å². The molecule has 3 rings (SSSR count). The van der Waals surface area contributed by atoms with Crippen LogP contribution in [-0.4, -0.2) is 21.4 Å². The Morgan fingerprint density at radius 3 is 2.33 bits per heavy atom. The Hall–Kier alpha value is -2.88. The quantitative estimate of drug-likeness (QED) is 0.724. The summed E-state index contributed by atoms with van der Waals surface area (Å²) in [5.41, 5.74) is 3.12. The molecule has 0 saturated heterocycles. The van der Waals surface area contributed by atoms with Crippen LogP contribution in [0.4, 0.5) is 0 Å². The first-order valence-electron chi connectivity index (χ1n) is 7.85. The summed E-state index contributed by atoms with van der Waals surface area (Å²) < 4.78 is 1.98. The standard InChI is InChI=1S/C20H19NO3/c1-13-19(15-10-6-7-11-17(15)21(13)2)16(20(23)24)12-18(22)14-8-4-3-5-9-14/h3-11,16H,12H2,1-2H3,(H,23,24)/t16-/m1/s1. The predicted molar refractivity (Wildman–Crippen MR) is 93.4 cm³/mol. The molecule has 1 atom stereocenters. The van der Waals surface area contributed by atoms with Crippen LogP contribution in [0, 0.1) is 6.92 Å². The average molecular weight is 321 g/mol. The molecule has 0 amide bonds. The summed E-state index contributed by atoms with van der Waals surface area (Å²) in [6.07, 6.45) is -0.0474. The highest BCUT2D eigenvalue weighted by molar-refractivity contribution is 6.00. The van der Waals surface area contributed by atoms with E-state index in [0.29, 0.717) is 5.56 Å². The van der Waals surface area contributed by atoms with Crippen molar-refractivity contribution >= 4 is 22.7 Å². The summed E-state index contributed by atoms with van der Waals surface area (Å²) >= 11 is 0. The summed E-state index contributed by atoms with van der Waals surface area (Å²) in [7, 11) is 1.92. The lowest BCUT2D eigenvalue weighted by Gasteiger charge is -2.13. The number of nitrogens with zero attached hydrogens (tertiary/aromatic N) is 1. The Morgan fingerprint density at radius 2 is 1.67 bits per heavy atom. The number of hydrogen-bond acceptors (Lipinski definition) is 2. The zero-order chi connectivity index (χ0) is 17.3. The molecule has 0 radical (unpaired) electrons. The Morgan fingerprint density at radius 1 is 1.04 bits per heavy atom. The first kappa shape index (κ1) is 16.0. The Labute approximate surface area is 140 Å². The number of aromatic nitrogens is 1. The smallest absolute Gasteiger partial charge is 0.311 e. The van der Waals surface area contributed by atoms with Crippen LogP contribution in [0.3, 0.4) is 0 Å². The van der Waals surface area contributed by atoms with E-state index < -0.39 is 11.9 Å². The van der Waals surface area contributed by atoms with Crippen molar-refractivity contribution in [3.05, 3.63) is 71.4 Å². The number of para-hydroxylation sites is 1. The number of benzene rings is 2. The molecule has 4 nitrogen and oxygen atoms in total. The summed E-state index contributed by atoms with van der Waals surface area (Å²) in [4.78, 5) is 24.4. The highest BCUT2D eigenvalue weighted by atomic mass is 16.4. The molecule has 1 aromatic heterocycles. The van der Waals surface area contributed by atoms with Gasteiger partial charge >= 0.3 is 5.97 Å². The van der Waals surface area contributed by atoms with E-state index in [1.54, 1.807) is 24.3 Å². The molecule has 2 aromatic carbocycles. The van der Waals surface area contributed by atoms with Crippen LogP contribution < -0.4 is 0 Å². The lowest BCUT2D eigenvalue weighted by atomic mass is 9.89. The molecule has 0 saturated carbocycles. The van der Waals surface area contributed by atoms with Gasteiger partial charge in [0.2, 0.25) is 0 Å². The normalized spacial score (nSPS) is 12.2. The number of carboxylic acid groups (broad SMARTS) is 1. The molecule has 1 heterocycles. The predicted octanol–water partition coefficient (Wildman–Crippen LogP) is 3.93. The van der Waals surface area contributed by atoms with Gasteiger partial charge in [-0.2, -0.15) is 0 Å². The third-order valence-corrected chi connectivity index (χ3v) is 4.58. The third kappa shape index (κ3) is 2.71. The molecule has 0 aliphatic heterocycles. The average Bonchev–Trinajstić information content (AvgIpc) is 2.85. The molecule has 0 unspecified atom stereocenters. The highest BCUT2D eigenvalue weighted by Crippen LogP contribution is 2.34. The lowest BCUT2D eigenvalue weighted by molar-refractivity contribution is -0.138. The second kappa shape index (κ2) is 6.32. The first-order chi connectivity index (χ1) is 11.5. The van der Waals surface area contributed by atoms with Crippen LogP contribution >= 0.6 is 0 Å². The van der Waals surface area contributed by atoms with Gasteiger partial charge in [-0.15, -0.1) is 0 Å². The van der Waals surface area contributed by atoms with Crippen LogP contribution in [0.15, 0.2) is 54.6 Å². The second-order valence-corrected chi connectivity index (χ2v) is 5.96. The molecular weight excluding hydrogens is 302 g/mol. The van der Waals surface area contributed by atoms with Gasteiger partial charge in [-0.25, -0.2) is 0 Å². The number of aryl methyl sites for hydroxylation is 1. The van der Waals surface area contributed by atoms with Crippen LogP contribution in [0.1, 0.15) is 34.0 Å². The van der Waals surface area contributed by atoms with Gasteiger partial charge in [0, 0.05) is 35.6 Å². The number of fused-ring (bicyclic) bond motifs is 1. The minimum atomic E-state index is -0.973. The van der Waals surface area contributed by atoms with Gasteiger partial charge in [-0.3, -0.25) is 9.59 Å². The molecule has 3 aromatic rings. The monoisotopic (exact) mass is 321 g/mol. The number of carboxylic acids is 1. The van der Waals surface area contributed by atoms with Crippen molar-refractivity contribution in [1.82, 2.24) is 4.57 Å². The minimum absolute atomic E-state index is 0.0474. The Kier molecular flexibility index (Phi) is 4.21. The zero-order valence-electron chi connectivity index (χ0n) is 13.7. The maximum atomic E-state index is 12.5. The number of aliphatic carboxylic acids is 1. The molecular formula is C20H19NO3. The lowest BCUT2D eigenvalue weighted by Crippen LogP contribution is -2.17. The van der Waals surface area contributed by atoms with E-state index in [9.17, 15) is 14.7 Å². The molecule has 0 aliphatic carbocycles. The first-order valence-corrected chi connectivity index (χ1v) is 7.85. The Bertz CT molecular complexity index is 909. The Balaban J connectivity index is 2.06. The van der Waals surface area contributed by atoms with Crippen molar-refractivity contribution in [3.63, 3.8) is 0 Å². The third-order valence-electron chi connectivity index (χ3n) is 4.58. The summed E-state index contributed by atoms with van der Waals surface area (Å²) in [6.45, 7) is 1.90. The van der Waals surface area contributed by atoms with Crippen molar-refractivity contribution in [3.8, 4) is 0 Å². The summed E-state index contributed by atoms with van der Waals surface area (Å²) in [6, 6.07) is 16.5. The molecule has 0 aliphatic rings. The number of Topliss-reactive ketones (excluding diaryl/α,β-unsaturated/α-hetero) is 1. The van der Waals surface area contributed by atoms with E-state index in [1.165, 1.54) is 0 Å². The maximum Gasteiger partial charge on any atom is 0.311 e. The van der Waals surface area contributed by atoms with E-state index >= 15 is 0 Å². The van der Waals surface area contributed by atoms with Gasteiger partial charge in [-0.05, 0) is 18.6 Å². The van der Waals surface area contributed by atoms with E-state index in [1.807, 2.05) is 48.9 Å². The number of carbonyl (C=O) groups is 2. The van der Waals surface area contributed by atoms with Gasteiger partial charge in [-0.1, -0.05) is 48.5 Å². The number of rotatable bonds is 5. The molecule has 0 spiro atoms. The minimum Gasteiger partial charge on any atom is -0.481 e. The second-order valence-electron chi connectivity index (χ2n) is 5.96. The molecule has 0 fully saturated rings. The molecule has 1 N–H and O–H groups in total. The largest absolute Gasteiger partial charge is 0.481 e. The van der Waals surface area contributed by atoms with Crippen molar-refractivity contribution in [1.29, 1.82) is 0 Å². The molecule has 4 heteroatoms. The summed E-state index contributed by atoms with van der Waals surface area (Å²) in [5.74, 6) is -1.99. The van der Waals surface area contributed by atoms with Gasteiger partial charge in [0.05, 0.1) is 5.92 Å². The van der Waals surface area contributed by atoms with Crippen molar-refractivity contribution in [2.75, 3.05) is 0 Å². The van der Waals surface area contributed by atoms with E-state index in [0.717, 1.165) is 22.2 Å². The van der Waals surface area contributed by atoms with E-state index in [2.05, 4.69) is 0 Å². The topological polar surface area (TPSA) is 59.3 Å². The molecule has 122 valence electrons. The number of ketones is 1. The fourth-order valence-electron chi connectivity index (χ4n) is 3.23. The maximum absolute atomic E-state index is 12.5. The van der Waals surface area contributed by atoms with Crippen molar-refractivity contribution in [2.24, 2.45) is 7.05 Å². The summed E-state index contributed by atoms with van der Waals surface area (Å²) in [5, 5.41) is 10.6.